The van der Waals surface area contributed by atoms with Crippen molar-refractivity contribution < 1.29 is 14.3 Å². The highest BCUT2D eigenvalue weighted by Crippen LogP contribution is 2.32. The normalized spacial score (nSPS) is 12.5. The maximum atomic E-state index is 12.8. The Labute approximate surface area is 167 Å². The molecule has 152 valence electrons. The van der Waals surface area contributed by atoms with Crippen LogP contribution in [-0.4, -0.2) is 30.0 Å². The zero-order chi connectivity index (χ0) is 20.9. The number of hydrogen-bond donors (Lipinski definition) is 2. The van der Waals surface area contributed by atoms with E-state index in [-0.39, 0.29) is 17.7 Å². The summed E-state index contributed by atoms with van der Waals surface area (Å²) in [5, 5.41) is 2.87. The van der Waals surface area contributed by atoms with E-state index < -0.39 is 12.0 Å². The summed E-state index contributed by atoms with van der Waals surface area (Å²) >= 11 is 0. The summed E-state index contributed by atoms with van der Waals surface area (Å²) in [6, 6.07) is 8.91. The van der Waals surface area contributed by atoms with Gasteiger partial charge in [0.1, 0.15) is 6.04 Å². The van der Waals surface area contributed by atoms with E-state index in [1.165, 1.54) is 18.2 Å². The second kappa shape index (κ2) is 9.09. The zero-order valence-corrected chi connectivity index (χ0v) is 17.8. The summed E-state index contributed by atoms with van der Waals surface area (Å²) in [5.74, 6) is -0.601. The third kappa shape index (κ3) is 5.03. The summed E-state index contributed by atoms with van der Waals surface area (Å²) in [5.41, 5.74) is 5.35. The van der Waals surface area contributed by atoms with Crippen LogP contribution >= 0.6 is 0 Å². The highest BCUT2D eigenvalue weighted by molar-refractivity contribution is 5.85. The quantitative estimate of drug-likeness (QED) is 0.681. The molecular formula is C23H32N2O3. The van der Waals surface area contributed by atoms with Crippen molar-refractivity contribution >= 4 is 11.9 Å². The van der Waals surface area contributed by atoms with Crippen molar-refractivity contribution in [3.63, 3.8) is 0 Å². The van der Waals surface area contributed by atoms with Crippen molar-refractivity contribution in [2.24, 2.45) is 0 Å². The molecular weight excluding hydrogens is 352 g/mol. The van der Waals surface area contributed by atoms with Crippen LogP contribution in [0.25, 0.3) is 0 Å². The van der Waals surface area contributed by atoms with Gasteiger partial charge in [-0.05, 0) is 37.0 Å². The molecule has 2 rings (SSSR count). The van der Waals surface area contributed by atoms with Crippen LogP contribution in [0.3, 0.4) is 0 Å². The largest absolute Gasteiger partial charge is 0.467 e. The lowest BCUT2D eigenvalue weighted by Crippen LogP contribution is -2.44. The topological polar surface area (TPSA) is 71.2 Å². The molecule has 1 heterocycles. The number of ether oxygens (including phenoxy) is 1. The fraction of sp³-hybridized carbons (Fsp3) is 0.478. The van der Waals surface area contributed by atoms with Crippen molar-refractivity contribution in [3.05, 3.63) is 58.4 Å². The highest BCUT2D eigenvalue weighted by atomic mass is 16.5. The van der Waals surface area contributed by atoms with Gasteiger partial charge in [0.2, 0.25) is 5.91 Å². The van der Waals surface area contributed by atoms with Gasteiger partial charge < -0.3 is 15.0 Å². The Bertz CT molecular complexity index is 822. The number of esters is 1. The summed E-state index contributed by atoms with van der Waals surface area (Å²) in [6.07, 6.45) is 1.64. The van der Waals surface area contributed by atoms with Crippen molar-refractivity contribution in [2.75, 3.05) is 7.11 Å². The molecule has 1 amide bonds. The highest BCUT2D eigenvalue weighted by Gasteiger charge is 2.31. The number of carbonyl (C=O) groups is 2. The van der Waals surface area contributed by atoms with Crippen molar-refractivity contribution in [2.45, 2.75) is 65.3 Å². The standard InChI is InChI=1S/C23H32N2O3/c1-7-18-15(2)21(24-16(18)3)23(4,5)14-20(26)25-19(22(27)28-6)13-17-11-9-8-10-12-17/h8-12,19,24H,7,13-14H2,1-6H3,(H,25,26). The molecule has 0 aliphatic heterocycles. The molecule has 0 aliphatic rings. The molecule has 1 atom stereocenters. The Balaban J connectivity index is 2.14. The lowest BCUT2D eigenvalue weighted by atomic mass is 9.82. The number of aryl methyl sites for hydroxylation is 1. The van der Waals surface area contributed by atoms with Gasteiger partial charge in [-0.1, -0.05) is 51.1 Å². The van der Waals surface area contributed by atoms with Gasteiger partial charge in [-0.3, -0.25) is 4.79 Å². The van der Waals surface area contributed by atoms with Gasteiger partial charge >= 0.3 is 5.97 Å². The van der Waals surface area contributed by atoms with E-state index in [0.29, 0.717) is 6.42 Å². The Hall–Kier alpha value is -2.56. The molecule has 0 spiro atoms. The number of hydrogen-bond acceptors (Lipinski definition) is 3. The van der Waals surface area contributed by atoms with Crippen LogP contribution in [0.5, 0.6) is 0 Å². The van der Waals surface area contributed by atoms with Crippen LogP contribution in [0, 0.1) is 13.8 Å². The summed E-state index contributed by atoms with van der Waals surface area (Å²) in [4.78, 5) is 28.4. The molecule has 1 aromatic heterocycles. The maximum Gasteiger partial charge on any atom is 0.328 e. The van der Waals surface area contributed by atoms with Gasteiger partial charge in [0.15, 0.2) is 0 Å². The van der Waals surface area contributed by atoms with E-state index in [2.05, 4.69) is 44.9 Å². The first-order valence-corrected chi connectivity index (χ1v) is 9.79. The van der Waals surface area contributed by atoms with Gasteiger partial charge in [0, 0.05) is 29.6 Å². The fourth-order valence-electron chi connectivity index (χ4n) is 3.92. The number of amides is 1. The van der Waals surface area contributed by atoms with Crippen LogP contribution in [0.4, 0.5) is 0 Å². The van der Waals surface area contributed by atoms with E-state index in [9.17, 15) is 9.59 Å². The predicted molar refractivity (Wildman–Crippen MR) is 111 cm³/mol. The third-order valence-electron chi connectivity index (χ3n) is 5.33. The average Bonchev–Trinajstić information content (AvgIpc) is 2.95. The van der Waals surface area contributed by atoms with Gasteiger partial charge in [-0.25, -0.2) is 4.79 Å². The molecule has 2 N–H and O–H groups in total. The number of carbonyl (C=O) groups excluding carboxylic acids is 2. The second-order valence-electron chi connectivity index (χ2n) is 7.98. The smallest absolute Gasteiger partial charge is 0.328 e. The summed E-state index contributed by atoms with van der Waals surface area (Å²) < 4.78 is 4.89. The molecule has 0 fully saturated rings. The Morgan fingerprint density at radius 1 is 1.18 bits per heavy atom. The van der Waals surface area contributed by atoms with Crippen LogP contribution < -0.4 is 5.32 Å². The number of aromatic nitrogens is 1. The Morgan fingerprint density at radius 2 is 1.82 bits per heavy atom. The minimum Gasteiger partial charge on any atom is -0.467 e. The van der Waals surface area contributed by atoms with E-state index in [1.807, 2.05) is 30.3 Å². The minimum atomic E-state index is -0.701. The van der Waals surface area contributed by atoms with Crippen LogP contribution in [0.2, 0.25) is 0 Å². The Morgan fingerprint density at radius 3 is 2.36 bits per heavy atom. The van der Waals surface area contributed by atoms with Crippen LogP contribution in [-0.2, 0) is 32.6 Å². The van der Waals surface area contributed by atoms with Crippen molar-refractivity contribution in [1.29, 1.82) is 0 Å². The molecule has 0 aliphatic carbocycles. The van der Waals surface area contributed by atoms with E-state index in [4.69, 9.17) is 4.74 Å². The monoisotopic (exact) mass is 384 g/mol. The molecule has 1 aromatic carbocycles. The molecule has 0 saturated carbocycles. The predicted octanol–water partition coefficient (Wildman–Crippen LogP) is 3.76. The van der Waals surface area contributed by atoms with Crippen LogP contribution in [0.15, 0.2) is 30.3 Å². The number of methoxy groups -OCH3 is 1. The van der Waals surface area contributed by atoms with Gasteiger partial charge in [0.05, 0.1) is 7.11 Å². The van der Waals surface area contributed by atoms with Gasteiger partial charge in [0.25, 0.3) is 0 Å². The first kappa shape index (κ1) is 21.7. The minimum absolute atomic E-state index is 0.166. The van der Waals surface area contributed by atoms with Crippen LogP contribution in [0.1, 0.15) is 55.3 Å². The summed E-state index contributed by atoms with van der Waals surface area (Å²) in [6.45, 7) is 10.4. The molecule has 1 unspecified atom stereocenters. The maximum absolute atomic E-state index is 12.8. The number of H-pyrrole nitrogens is 1. The SMILES string of the molecule is CCc1c(C)[nH]c(C(C)(C)CC(=O)NC(Cc2ccccc2)C(=O)OC)c1C. The summed E-state index contributed by atoms with van der Waals surface area (Å²) in [7, 11) is 1.34. The molecule has 0 saturated heterocycles. The lowest BCUT2D eigenvalue weighted by molar-refractivity contribution is -0.145. The number of nitrogens with one attached hydrogen (secondary N) is 2. The number of benzene rings is 1. The first-order valence-electron chi connectivity index (χ1n) is 9.79. The lowest BCUT2D eigenvalue weighted by Gasteiger charge is -2.26. The van der Waals surface area contributed by atoms with E-state index in [1.54, 1.807) is 0 Å². The number of aromatic amines is 1. The molecule has 5 heteroatoms. The molecule has 5 nitrogen and oxygen atoms in total. The first-order chi connectivity index (χ1) is 13.2. The fourth-order valence-corrected chi connectivity index (χ4v) is 3.92. The zero-order valence-electron chi connectivity index (χ0n) is 17.8. The van der Waals surface area contributed by atoms with Gasteiger partial charge in [-0.15, -0.1) is 0 Å². The third-order valence-corrected chi connectivity index (χ3v) is 5.33. The van der Waals surface area contributed by atoms with Crippen molar-refractivity contribution in [3.8, 4) is 0 Å². The number of rotatable bonds is 8. The molecule has 28 heavy (non-hydrogen) atoms. The second-order valence-corrected chi connectivity index (χ2v) is 7.98. The Kier molecular flexibility index (Phi) is 7.05. The van der Waals surface area contributed by atoms with E-state index >= 15 is 0 Å². The average molecular weight is 385 g/mol. The molecule has 2 aromatic rings. The molecule has 0 bridgehead atoms. The van der Waals surface area contributed by atoms with Crippen molar-refractivity contribution in [1.82, 2.24) is 10.3 Å². The van der Waals surface area contributed by atoms with E-state index in [0.717, 1.165) is 23.4 Å². The van der Waals surface area contributed by atoms with Gasteiger partial charge in [-0.2, -0.15) is 0 Å². The molecule has 0 radical (unpaired) electrons.